The Morgan fingerprint density at radius 1 is 1.25 bits per heavy atom. The van der Waals surface area contributed by atoms with E-state index >= 15 is 0 Å². The largest absolute Gasteiger partial charge is 0.383 e. The number of nitrogens with one attached hydrogen (secondary N) is 1. The standard InChI is InChI=1S/C16H26ClNO2/c1-3-20-10-8-14(13-18-9-11-19-2)12-15-6-4-5-7-16(15)17/h4-7,14,18H,3,8-13H2,1-2H3. The molecular formula is C16H26ClNO2. The highest BCUT2D eigenvalue weighted by Crippen LogP contribution is 2.20. The van der Waals surface area contributed by atoms with Crippen LogP contribution in [0.1, 0.15) is 18.9 Å². The predicted molar refractivity (Wildman–Crippen MR) is 84.5 cm³/mol. The van der Waals surface area contributed by atoms with E-state index in [4.69, 9.17) is 21.1 Å². The van der Waals surface area contributed by atoms with Crippen molar-refractivity contribution in [3.63, 3.8) is 0 Å². The lowest BCUT2D eigenvalue weighted by molar-refractivity contribution is 0.130. The van der Waals surface area contributed by atoms with Crippen LogP contribution in [-0.4, -0.2) is 40.0 Å². The van der Waals surface area contributed by atoms with Gasteiger partial charge in [0.15, 0.2) is 0 Å². The first kappa shape index (κ1) is 17.4. The van der Waals surface area contributed by atoms with Crippen molar-refractivity contribution in [2.45, 2.75) is 19.8 Å². The second kappa shape index (κ2) is 11.1. The smallest absolute Gasteiger partial charge is 0.0587 e. The molecule has 1 aromatic rings. The van der Waals surface area contributed by atoms with Gasteiger partial charge in [0.1, 0.15) is 0 Å². The van der Waals surface area contributed by atoms with Crippen LogP contribution in [0.4, 0.5) is 0 Å². The minimum Gasteiger partial charge on any atom is -0.383 e. The van der Waals surface area contributed by atoms with E-state index < -0.39 is 0 Å². The van der Waals surface area contributed by atoms with Crippen molar-refractivity contribution in [3.05, 3.63) is 34.9 Å². The minimum atomic E-state index is 0.526. The van der Waals surface area contributed by atoms with E-state index in [1.54, 1.807) is 7.11 Å². The fraction of sp³-hybridized carbons (Fsp3) is 0.625. The Bertz CT molecular complexity index is 360. The first-order valence-corrected chi connectivity index (χ1v) is 7.66. The molecule has 1 rings (SSSR count). The number of hydrogen-bond acceptors (Lipinski definition) is 3. The first-order chi connectivity index (χ1) is 9.77. The summed E-state index contributed by atoms with van der Waals surface area (Å²) < 4.78 is 10.5. The molecule has 0 aliphatic rings. The molecule has 0 aliphatic carbocycles. The molecule has 1 atom stereocenters. The molecule has 0 amide bonds. The Kier molecular flexibility index (Phi) is 9.67. The van der Waals surface area contributed by atoms with E-state index in [1.165, 1.54) is 5.56 Å². The van der Waals surface area contributed by atoms with Crippen LogP contribution in [0, 0.1) is 5.92 Å². The topological polar surface area (TPSA) is 30.5 Å². The zero-order valence-electron chi connectivity index (χ0n) is 12.5. The van der Waals surface area contributed by atoms with Crippen molar-refractivity contribution < 1.29 is 9.47 Å². The summed E-state index contributed by atoms with van der Waals surface area (Å²) in [5.41, 5.74) is 1.21. The van der Waals surface area contributed by atoms with E-state index in [0.29, 0.717) is 5.92 Å². The number of ether oxygens (including phenoxy) is 2. The summed E-state index contributed by atoms with van der Waals surface area (Å²) in [5.74, 6) is 0.526. The van der Waals surface area contributed by atoms with Gasteiger partial charge in [-0.1, -0.05) is 29.8 Å². The average Bonchev–Trinajstić information content (AvgIpc) is 2.46. The predicted octanol–water partition coefficient (Wildman–Crippen LogP) is 3.16. The average molecular weight is 300 g/mol. The lowest BCUT2D eigenvalue weighted by Crippen LogP contribution is -2.28. The van der Waals surface area contributed by atoms with Gasteiger partial charge in [0.25, 0.3) is 0 Å². The summed E-state index contributed by atoms with van der Waals surface area (Å²) in [6.45, 7) is 6.18. The van der Waals surface area contributed by atoms with Crippen molar-refractivity contribution in [1.82, 2.24) is 5.32 Å². The summed E-state index contributed by atoms with van der Waals surface area (Å²) in [6, 6.07) is 8.07. The number of methoxy groups -OCH3 is 1. The van der Waals surface area contributed by atoms with Crippen molar-refractivity contribution in [2.24, 2.45) is 5.92 Å². The molecule has 20 heavy (non-hydrogen) atoms. The molecule has 0 fully saturated rings. The van der Waals surface area contributed by atoms with Crippen LogP contribution >= 0.6 is 11.6 Å². The Balaban J connectivity index is 2.46. The summed E-state index contributed by atoms with van der Waals surface area (Å²) in [4.78, 5) is 0. The Morgan fingerprint density at radius 2 is 2.05 bits per heavy atom. The van der Waals surface area contributed by atoms with Gasteiger partial charge >= 0.3 is 0 Å². The summed E-state index contributed by atoms with van der Waals surface area (Å²) >= 11 is 6.24. The van der Waals surface area contributed by atoms with Gasteiger partial charge in [0, 0.05) is 31.9 Å². The highest BCUT2D eigenvalue weighted by Gasteiger charge is 2.11. The van der Waals surface area contributed by atoms with Crippen molar-refractivity contribution in [3.8, 4) is 0 Å². The second-order valence-corrected chi connectivity index (χ2v) is 5.25. The second-order valence-electron chi connectivity index (χ2n) is 4.84. The fourth-order valence-electron chi connectivity index (χ4n) is 2.13. The molecule has 114 valence electrons. The van der Waals surface area contributed by atoms with E-state index in [0.717, 1.165) is 50.8 Å². The van der Waals surface area contributed by atoms with Gasteiger partial charge in [0.05, 0.1) is 6.61 Å². The normalized spacial score (nSPS) is 12.6. The third-order valence-electron chi connectivity index (χ3n) is 3.26. The minimum absolute atomic E-state index is 0.526. The zero-order chi connectivity index (χ0) is 14.6. The van der Waals surface area contributed by atoms with Gasteiger partial charge < -0.3 is 14.8 Å². The van der Waals surface area contributed by atoms with Crippen molar-refractivity contribution in [1.29, 1.82) is 0 Å². The molecule has 4 heteroatoms. The van der Waals surface area contributed by atoms with Gasteiger partial charge in [0.2, 0.25) is 0 Å². The fourth-order valence-corrected chi connectivity index (χ4v) is 2.34. The van der Waals surface area contributed by atoms with Crippen LogP contribution in [0.25, 0.3) is 0 Å². The zero-order valence-corrected chi connectivity index (χ0v) is 13.3. The molecular weight excluding hydrogens is 274 g/mol. The SMILES string of the molecule is CCOCCC(CNCCOC)Cc1ccccc1Cl. The monoisotopic (exact) mass is 299 g/mol. The third-order valence-corrected chi connectivity index (χ3v) is 3.63. The molecule has 1 aromatic carbocycles. The quantitative estimate of drug-likeness (QED) is 0.637. The van der Waals surface area contributed by atoms with Gasteiger partial charge in [-0.15, -0.1) is 0 Å². The molecule has 0 saturated carbocycles. The lowest BCUT2D eigenvalue weighted by atomic mass is 9.96. The molecule has 1 N–H and O–H groups in total. The highest BCUT2D eigenvalue weighted by atomic mass is 35.5. The summed E-state index contributed by atoms with van der Waals surface area (Å²) in [6.07, 6.45) is 2.02. The van der Waals surface area contributed by atoms with Crippen LogP contribution in [-0.2, 0) is 15.9 Å². The molecule has 0 heterocycles. The Morgan fingerprint density at radius 3 is 2.75 bits per heavy atom. The van der Waals surface area contributed by atoms with E-state index in [9.17, 15) is 0 Å². The van der Waals surface area contributed by atoms with Crippen LogP contribution in [0.3, 0.4) is 0 Å². The van der Waals surface area contributed by atoms with Gasteiger partial charge in [-0.25, -0.2) is 0 Å². The van der Waals surface area contributed by atoms with E-state index in [-0.39, 0.29) is 0 Å². The van der Waals surface area contributed by atoms with Crippen molar-refractivity contribution >= 4 is 11.6 Å². The Labute approximate surface area is 127 Å². The Hall–Kier alpha value is -0.610. The van der Waals surface area contributed by atoms with E-state index in [2.05, 4.69) is 11.4 Å². The van der Waals surface area contributed by atoms with Gasteiger partial charge in [-0.05, 0) is 43.9 Å². The molecule has 0 aromatic heterocycles. The maximum Gasteiger partial charge on any atom is 0.0587 e. The maximum absolute atomic E-state index is 6.24. The molecule has 3 nitrogen and oxygen atoms in total. The van der Waals surface area contributed by atoms with Gasteiger partial charge in [-0.3, -0.25) is 0 Å². The number of halogens is 1. The molecule has 0 spiro atoms. The summed E-state index contributed by atoms with van der Waals surface area (Å²) in [5, 5.41) is 4.28. The first-order valence-electron chi connectivity index (χ1n) is 7.28. The summed E-state index contributed by atoms with van der Waals surface area (Å²) in [7, 11) is 1.72. The molecule has 0 aliphatic heterocycles. The van der Waals surface area contributed by atoms with E-state index in [1.807, 2.05) is 25.1 Å². The lowest BCUT2D eigenvalue weighted by Gasteiger charge is -2.18. The maximum atomic E-state index is 6.24. The number of hydrogen-bond donors (Lipinski definition) is 1. The van der Waals surface area contributed by atoms with Crippen LogP contribution in [0.2, 0.25) is 5.02 Å². The number of benzene rings is 1. The third kappa shape index (κ3) is 7.25. The molecule has 0 bridgehead atoms. The molecule has 0 saturated heterocycles. The van der Waals surface area contributed by atoms with Crippen LogP contribution in [0.15, 0.2) is 24.3 Å². The van der Waals surface area contributed by atoms with Gasteiger partial charge in [-0.2, -0.15) is 0 Å². The van der Waals surface area contributed by atoms with Crippen LogP contribution < -0.4 is 5.32 Å². The molecule has 0 radical (unpaired) electrons. The van der Waals surface area contributed by atoms with Crippen molar-refractivity contribution in [2.75, 3.05) is 40.0 Å². The molecule has 1 unspecified atom stereocenters. The highest BCUT2D eigenvalue weighted by molar-refractivity contribution is 6.31. The number of rotatable bonds is 11. The van der Waals surface area contributed by atoms with Crippen LogP contribution in [0.5, 0.6) is 0 Å².